The van der Waals surface area contributed by atoms with Gasteiger partial charge in [-0.3, -0.25) is 0 Å². The van der Waals surface area contributed by atoms with E-state index >= 15 is 0 Å². The lowest BCUT2D eigenvalue weighted by Crippen LogP contribution is -2.08. The van der Waals surface area contributed by atoms with Crippen LogP contribution in [0.15, 0.2) is 54.6 Å². The van der Waals surface area contributed by atoms with Crippen LogP contribution >= 0.6 is 0 Å². The van der Waals surface area contributed by atoms with E-state index in [1.54, 1.807) is 35.5 Å². The third-order valence-corrected chi connectivity index (χ3v) is 5.86. The molecule has 3 aromatic carbocycles. The van der Waals surface area contributed by atoms with Crippen molar-refractivity contribution in [3.63, 3.8) is 0 Å². The molecule has 0 aliphatic heterocycles. The number of aromatic nitrogens is 2. The summed E-state index contributed by atoms with van der Waals surface area (Å²) in [5.41, 5.74) is 2.80. The summed E-state index contributed by atoms with van der Waals surface area (Å²) in [4.78, 5) is 9.56. The van der Waals surface area contributed by atoms with Crippen LogP contribution in [-0.2, 0) is 6.42 Å². The van der Waals surface area contributed by atoms with Gasteiger partial charge in [-0.2, -0.15) is 0 Å². The number of ether oxygens (including phenoxy) is 5. The first-order chi connectivity index (χ1) is 18.1. The van der Waals surface area contributed by atoms with E-state index < -0.39 is 0 Å². The zero-order valence-corrected chi connectivity index (χ0v) is 21.7. The Morgan fingerprint density at radius 3 is 2.08 bits per heavy atom. The Morgan fingerprint density at radius 1 is 0.703 bits per heavy atom. The summed E-state index contributed by atoms with van der Waals surface area (Å²) in [5.74, 6) is 4.71. The van der Waals surface area contributed by atoms with Gasteiger partial charge in [-0.05, 0) is 54.0 Å². The van der Waals surface area contributed by atoms with Crippen LogP contribution in [0.5, 0.6) is 28.7 Å². The molecule has 1 heterocycles. The molecule has 0 atom stereocenters. The lowest BCUT2D eigenvalue weighted by molar-refractivity contribution is 0.356. The second-order valence-electron chi connectivity index (χ2n) is 8.16. The van der Waals surface area contributed by atoms with Crippen LogP contribution in [0.25, 0.3) is 23.1 Å². The smallest absolute Gasteiger partial charge is 0.162 e. The highest BCUT2D eigenvalue weighted by atomic mass is 16.5. The van der Waals surface area contributed by atoms with Gasteiger partial charge in [0.05, 0.1) is 41.1 Å². The summed E-state index contributed by atoms with van der Waals surface area (Å²) in [6.07, 6.45) is 4.58. The lowest BCUT2D eigenvalue weighted by Gasteiger charge is -2.13. The van der Waals surface area contributed by atoms with Crippen LogP contribution in [0, 0.1) is 0 Å². The van der Waals surface area contributed by atoms with Gasteiger partial charge >= 0.3 is 0 Å². The molecular formula is C29H31N3O5. The summed E-state index contributed by atoms with van der Waals surface area (Å²) < 4.78 is 27.1. The first-order valence-corrected chi connectivity index (χ1v) is 11.8. The Kier molecular flexibility index (Phi) is 8.30. The molecule has 0 saturated heterocycles. The highest BCUT2D eigenvalue weighted by Crippen LogP contribution is 2.34. The number of benzene rings is 3. The Labute approximate surface area is 216 Å². The van der Waals surface area contributed by atoms with Gasteiger partial charge in [0.15, 0.2) is 17.3 Å². The minimum absolute atomic E-state index is 0.547. The van der Waals surface area contributed by atoms with Crippen molar-refractivity contribution in [1.82, 2.24) is 9.97 Å². The fraction of sp³-hybridized carbons (Fsp3) is 0.241. The van der Waals surface area contributed by atoms with Crippen molar-refractivity contribution in [3.8, 4) is 28.7 Å². The average molecular weight is 502 g/mol. The quantitative estimate of drug-likeness (QED) is 0.289. The van der Waals surface area contributed by atoms with E-state index in [1.807, 2.05) is 60.7 Å². The van der Waals surface area contributed by atoms with Gasteiger partial charge in [-0.15, -0.1) is 0 Å². The molecule has 0 bridgehead atoms. The van der Waals surface area contributed by atoms with E-state index in [4.69, 9.17) is 33.7 Å². The molecule has 0 unspecified atom stereocenters. The van der Waals surface area contributed by atoms with Gasteiger partial charge in [0.2, 0.25) is 0 Å². The standard InChI is InChI=1S/C29H31N3O5/c1-33-21-8-6-7-19(13-21)11-12-30-29-24-17-26(36-4)27(37-5)18-25(24)31-28(32-29)10-9-20-14-22(34-2)16-23(15-20)35-3/h6-10,13-18H,11-12H2,1-5H3,(H,30,31,32)/b10-9+. The van der Waals surface area contributed by atoms with Crippen molar-refractivity contribution in [2.75, 3.05) is 47.4 Å². The molecule has 192 valence electrons. The first kappa shape index (κ1) is 25.6. The number of fused-ring (bicyclic) bond motifs is 1. The summed E-state index contributed by atoms with van der Waals surface area (Å²) in [6.45, 7) is 0.670. The second-order valence-corrected chi connectivity index (χ2v) is 8.16. The summed E-state index contributed by atoms with van der Waals surface area (Å²) in [5, 5.41) is 4.31. The molecule has 0 spiro atoms. The Hall–Kier alpha value is -4.46. The van der Waals surface area contributed by atoms with Crippen molar-refractivity contribution >= 4 is 28.9 Å². The molecule has 1 aromatic heterocycles. The van der Waals surface area contributed by atoms with Crippen molar-refractivity contribution in [1.29, 1.82) is 0 Å². The SMILES string of the molecule is COc1cccc(CCNc2nc(/C=C/c3cc(OC)cc(OC)c3)nc3cc(OC)c(OC)cc23)c1. The van der Waals surface area contributed by atoms with E-state index in [9.17, 15) is 0 Å². The first-order valence-electron chi connectivity index (χ1n) is 11.8. The van der Waals surface area contributed by atoms with Crippen molar-refractivity contribution < 1.29 is 23.7 Å². The Balaban J connectivity index is 1.68. The van der Waals surface area contributed by atoms with Crippen LogP contribution in [-0.4, -0.2) is 52.1 Å². The number of methoxy groups -OCH3 is 5. The largest absolute Gasteiger partial charge is 0.497 e. The third-order valence-electron chi connectivity index (χ3n) is 5.86. The normalized spacial score (nSPS) is 10.9. The van der Waals surface area contributed by atoms with E-state index in [0.717, 1.165) is 34.2 Å². The van der Waals surface area contributed by atoms with Crippen LogP contribution in [0.1, 0.15) is 17.0 Å². The number of nitrogens with zero attached hydrogens (tertiary/aromatic N) is 2. The maximum absolute atomic E-state index is 5.52. The number of anilines is 1. The van der Waals surface area contributed by atoms with Crippen molar-refractivity contribution in [2.45, 2.75) is 6.42 Å². The number of hydrogen-bond donors (Lipinski definition) is 1. The van der Waals surface area contributed by atoms with Gasteiger partial charge in [-0.1, -0.05) is 18.2 Å². The molecule has 37 heavy (non-hydrogen) atoms. The lowest BCUT2D eigenvalue weighted by atomic mass is 10.1. The maximum atomic E-state index is 5.52. The minimum Gasteiger partial charge on any atom is -0.497 e. The molecule has 0 aliphatic rings. The predicted molar refractivity (Wildman–Crippen MR) is 146 cm³/mol. The molecule has 4 aromatic rings. The van der Waals surface area contributed by atoms with Crippen molar-refractivity contribution in [3.05, 3.63) is 71.5 Å². The highest BCUT2D eigenvalue weighted by Gasteiger charge is 2.13. The predicted octanol–water partition coefficient (Wildman–Crippen LogP) is 5.50. The van der Waals surface area contributed by atoms with Crippen LogP contribution in [0.3, 0.4) is 0 Å². The zero-order valence-electron chi connectivity index (χ0n) is 21.7. The number of hydrogen-bond acceptors (Lipinski definition) is 8. The molecule has 0 fully saturated rings. The third kappa shape index (κ3) is 6.22. The summed E-state index contributed by atoms with van der Waals surface area (Å²) in [7, 11) is 8.14. The molecular weight excluding hydrogens is 470 g/mol. The Bertz CT molecular complexity index is 1380. The highest BCUT2D eigenvalue weighted by molar-refractivity contribution is 5.92. The molecule has 8 heteroatoms. The molecule has 1 N–H and O–H groups in total. The average Bonchev–Trinajstić information content (AvgIpc) is 2.95. The van der Waals surface area contributed by atoms with E-state index in [1.165, 1.54) is 0 Å². The van der Waals surface area contributed by atoms with Crippen molar-refractivity contribution in [2.24, 2.45) is 0 Å². The maximum Gasteiger partial charge on any atom is 0.162 e. The van der Waals surface area contributed by atoms with E-state index in [-0.39, 0.29) is 0 Å². The monoisotopic (exact) mass is 501 g/mol. The molecule has 0 radical (unpaired) electrons. The van der Waals surface area contributed by atoms with E-state index in [2.05, 4.69) is 11.4 Å². The van der Waals surface area contributed by atoms with Crippen LogP contribution in [0.2, 0.25) is 0 Å². The van der Waals surface area contributed by atoms with Gasteiger partial charge in [0, 0.05) is 24.1 Å². The zero-order chi connectivity index (χ0) is 26.2. The molecule has 8 nitrogen and oxygen atoms in total. The molecule has 0 amide bonds. The number of nitrogens with one attached hydrogen (secondary N) is 1. The fourth-order valence-electron chi connectivity index (χ4n) is 3.93. The number of rotatable bonds is 11. The summed E-state index contributed by atoms with van der Waals surface area (Å²) in [6, 6.07) is 17.4. The second kappa shape index (κ2) is 12.0. The fourth-order valence-corrected chi connectivity index (χ4v) is 3.93. The topological polar surface area (TPSA) is 84.0 Å². The molecule has 0 saturated carbocycles. The minimum atomic E-state index is 0.547. The van der Waals surface area contributed by atoms with Gasteiger partial charge in [0.1, 0.15) is 23.1 Å². The van der Waals surface area contributed by atoms with Gasteiger partial charge in [0.25, 0.3) is 0 Å². The van der Waals surface area contributed by atoms with Gasteiger partial charge < -0.3 is 29.0 Å². The van der Waals surface area contributed by atoms with E-state index in [0.29, 0.717) is 41.2 Å². The summed E-state index contributed by atoms with van der Waals surface area (Å²) >= 11 is 0. The van der Waals surface area contributed by atoms with Crippen LogP contribution in [0.4, 0.5) is 5.82 Å². The Morgan fingerprint density at radius 2 is 1.41 bits per heavy atom. The molecule has 0 aliphatic carbocycles. The van der Waals surface area contributed by atoms with Gasteiger partial charge in [-0.25, -0.2) is 9.97 Å². The molecule has 4 rings (SSSR count). The van der Waals surface area contributed by atoms with Crippen LogP contribution < -0.4 is 29.0 Å².